The number of anilines is 1. The number of carbonyl (C=O) groups is 1. The van der Waals surface area contributed by atoms with Crippen LogP contribution in [0.1, 0.15) is 27.5 Å². The van der Waals surface area contributed by atoms with Gasteiger partial charge in [0.25, 0.3) is 11.9 Å². The van der Waals surface area contributed by atoms with Crippen LogP contribution in [0.25, 0.3) is 0 Å². The Labute approximate surface area is 190 Å². The van der Waals surface area contributed by atoms with Crippen LogP contribution in [0.3, 0.4) is 0 Å². The maximum Gasteiger partial charge on any atom is 0.298 e. The van der Waals surface area contributed by atoms with Crippen LogP contribution in [0.15, 0.2) is 47.0 Å². The molecule has 0 aliphatic carbocycles. The number of aryl methyl sites for hydroxylation is 1. The Morgan fingerprint density at radius 3 is 2.42 bits per heavy atom. The molecular weight excluding hydrogens is 463 g/mol. The molecule has 0 atom stereocenters. The van der Waals surface area contributed by atoms with Gasteiger partial charge >= 0.3 is 0 Å². The van der Waals surface area contributed by atoms with Crippen LogP contribution in [0.4, 0.5) is 6.01 Å². The molecule has 3 rings (SSSR count). The average Bonchev–Trinajstić information content (AvgIpc) is 3.08. The molecule has 0 aliphatic rings. The van der Waals surface area contributed by atoms with E-state index in [0.717, 1.165) is 17.5 Å². The Balaban J connectivity index is 1.85. The van der Waals surface area contributed by atoms with E-state index in [9.17, 15) is 13.2 Å². The van der Waals surface area contributed by atoms with E-state index in [2.05, 4.69) is 9.97 Å². The third kappa shape index (κ3) is 6.68. The van der Waals surface area contributed by atoms with Crippen molar-refractivity contribution < 1.29 is 17.6 Å². The summed E-state index contributed by atoms with van der Waals surface area (Å²) in [4.78, 5) is 22.6. The van der Waals surface area contributed by atoms with E-state index >= 15 is 0 Å². The highest BCUT2D eigenvalue weighted by Crippen LogP contribution is 2.22. The fraction of sp³-hybridized carbons (Fsp3) is 0.250. The molecule has 1 N–H and O–H groups in total. The fourth-order valence-corrected chi connectivity index (χ4v) is 3.47. The number of rotatable bonds is 8. The van der Waals surface area contributed by atoms with Crippen LogP contribution < -0.4 is 9.62 Å². The van der Waals surface area contributed by atoms with Gasteiger partial charge < -0.3 is 9.32 Å². The molecule has 8 nitrogen and oxygen atoms in total. The summed E-state index contributed by atoms with van der Waals surface area (Å²) in [7, 11) is -3.73. The number of oxazole rings is 1. The van der Waals surface area contributed by atoms with Gasteiger partial charge in [0.2, 0.25) is 10.0 Å². The van der Waals surface area contributed by atoms with Gasteiger partial charge in [0.1, 0.15) is 5.76 Å². The van der Waals surface area contributed by atoms with Crippen LogP contribution in [-0.2, 0) is 23.0 Å². The maximum atomic E-state index is 12.3. The summed E-state index contributed by atoms with van der Waals surface area (Å²) in [5, 5.41) is 1.17. The van der Waals surface area contributed by atoms with Gasteiger partial charge in [-0.2, -0.15) is 4.98 Å². The van der Waals surface area contributed by atoms with Gasteiger partial charge in [-0.25, -0.2) is 13.1 Å². The van der Waals surface area contributed by atoms with Crippen molar-refractivity contribution in [3.63, 3.8) is 0 Å². The summed E-state index contributed by atoms with van der Waals surface area (Å²) in [5.41, 5.74) is 1.68. The zero-order valence-electron chi connectivity index (χ0n) is 16.8. The third-order valence-corrected chi connectivity index (χ3v) is 5.31. The summed E-state index contributed by atoms with van der Waals surface area (Å²) in [6.07, 6.45) is 3.09. The van der Waals surface area contributed by atoms with Gasteiger partial charge in [0, 0.05) is 17.8 Å². The van der Waals surface area contributed by atoms with Crippen molar-refractivity contribution in [1.82, 2.24) is 14.7 Å². The zero-order chi connectivity index (χ0) is 22.6. The third-order valence-electron chi connectivity index (χ3n) is 4.27. The normalized spacial score (nSPS) is 11.4. The van der Waals surface area contributed by atoms with Crippen LogP contribution in [0, 0.1) is 6.92 Å². The van der Waals surface area contributed by atoms with Gasteiger partial charge in [-0.1, -0.05) is 35.3 Å². The molecule has 164 valence electrons. The smallest absolute Gasteiger partial charge is 0.298 e. The number of halogens is 2. The quantitative estimate of drug-likeness (QED) is 0.522. The predicted molar refractivity (Wildman–Crippen MR) is 119 cm³/mol. The topological polar surface area (TPSA) is 105 Å². The molecule has 2 heterocycles. The summed E-state index contributed by atoms with van der Waals surface area (Å²) >= 11 is 11.9. The van der Waals surface area contributed by atoms with E-state index in [4.69, 9.17) is 27.6 Å². The molecular formula is C20H20Cl2N4O4S. The minimum atomic E-state index is -3.73. The second-order valence-electron chi connectivity index (χ2n) is 6.87. The number of aromatic nitrogens is 2. The summed E-state index contributed by atoms with van der Waals surface area (Å²) < 4.78 is 30.4. The fourth-order valence-electron chi connectivity index (χ4n) is 2.80. The Morgan fingerprint density at radius 2 is 1.81 bits per heavy atom. The van der Waals surface area contributed by atoms with E-state index in [1.807, 2.05) is 33.9 Å². The summed E-state index contributed by atoms with van der Waals surface area (Å²) in [6.45, 7) is 2.39. The number of hydrogen-bond donors (Lipinski definition) is 1. The lowest BCUT2D eigenvalue weighted by Crippen LogP contribution is -2.30. The Hall–Kier alpha value is -2.62. The van der Waals surface area contributed by atoms with E-state index in [1.165, 1.54) is 0 Å². The first kappa shape index (κ1) is 23.1. The number of pyridine rings is 1. The first-order chi connectivity index (χ1) is 14.6. The molecule has 0 unspecified atom stereocenters. The van der Waals surface area contributed by atoms with Gasteiger partial charge in [0.05, 0.1) is 23.5 Å². The van der Waals surface area contributed by atoms with Crippen molar-refractivity contribution >= 4 is 45.1 Å². The highest BCUT2D eigenvalue weighted by molar-refractivity contribution is 7.89. The van der Waals surface area contributed by atoms with Gasteiger partial charge in [-0.3, -0.25) is 9.78 Å². The van der Waals surface area contributed by atoms with Gasteiger partial charge in [-0.15, -0.1) is 0 Å². The molecule has 11 heteroatoms. The highest BCUT2D eigenvalue weighted by Gasteiger charge is 2.23. The predicted octanol–water partition coefficient (Wildman–Crippen LogP) is 3.62. The largest absolute Gasteiger partial charge is 0.428 e. The van der Waals surface area contributed by atoms with Crippen molar-refractivity contribution in [2.24, 2.45) is 0 Å². The van der Waals surface area contributed by atoms with Crippen molar-refractivity contribution in [1.29, 1.82) is 0 Å². The van der Waals surface area contributed by atoms with E-state index in [-0.39, 0.29) is 17.5 Å². The second kappa shape index (κ2) is 9.67. The number of carbonyl (C=O) groups excluding carboxylic acids is 1. The highest BCUT2D eigenvalue weighted by atomic mass is 35.5. The summed E-state index contributed by atoms with van der Waals surface area (Å²) in [6, 6.07) is 11.2. The van der Waals surface area contributed by atoms with Crippen molar-refractivity contribution in [2.45, 2.75) is 19.9 Å². The van der Waals surface area contributed by atoms with E-state index in [0.29, 0.717) is 29.6 Å². The minimum Gasteiger partial charge on any atom is -0.428 e. The molecule has 1 aromatic carbocycles. The first-order valence-electron chi connectivity index (χ1n) is 9.20. The summed E-state index contributed by atoms with van der Waals surface area (Å²) in [5.74, 6) is -0.644. The van der Waals surface area contributed by atoms with Crippen molar-refractivity contribution in [3.05, 3.63) is 75.4 Å². The molecule has 2 aromatic heterocycles. The molecule has 0 bridgehead atoms. The van der Waals surface area contributed by atoms with Crippen molar-refractivity contribution in [3.8, 4) is 0 Å². The molecule has 1 amide bonds. The zero-order valence-corrected chi connectivity index (χ0v) is 19.1. The van der Waals surface area contributed by atoms with Gasteiger partial charge in [0.15, 0.2) is 5.69 Å². The standard InChI is InChI=1S/C20H20Cl2N4O4S/c1-13-18(19(27)25-31(2,28)29)24-20(30-13)26(12-17-8-7-16(22)11-23-17)10-9-14-3-5-15(21)6-4-14/h3-8,11H,9-10,12H2,1-2H3,(H,25,27). The molecule has 0 radical (unpaired) electrons. The molecule has 0 saturated carbocycles. The van der Waals surface area contributed by atoms with Gasteiger partial charge in [-0.05, 0) is 43.2 Å². The molecule has 0 fully saturated rings. The Morgan fingerprint density at radius 1 is 1.13 bits per heavy atom. The number of sulfonamides is 1. The lowest BCUT2D eigenvalue weighted by atomic mass is 10.1. The second-order valence-corrected chi connectivity index (χ2v) is 9.49. The number of hydrogen-bond acceptors (Lipinski definition) is 7. The molecule has 0 aliphatic heterocycles. The Kier molecular flexibility index (Phi) is 7.19. The van der Waals surface area contributed by atoms with Crippen LogP contribution in [0.2, 0.25) is 10.0 Å². The SMILES string of the molecule is Cc1oc(N(CCc2ccc(Cl)cc2)Cc2ccc(Cl)cn2)nc1C(=O)NS(C)(=O)=O. The average molecular weight is 483 g/mol. The number of benzene rings is 1. The number of nitrogens with one attached hydrogen (secondary N) is 1. The molecule has 0 saturated heterocycles. The van der Waals surface area contributed by atoms with E-state index in [1.54, 1.807) is 25.3 Å². The lowest BCUT2D eigenvalue weighted by Gasteiger charge is -2.20. The molecule has 3 aromatic rings. The molecule has 31 heavy (non-hydrogen) atoms. The number of nitrogens with zero attached hydrogens (tertiary/aromatic N) is 3. The van der Waals surface area contributed by atoms with Crippen LogP contribution in [-0.4, -0.2) is 37.1 Å². The molecule has 0 spiro atoms. The minimum absolute atomic E-state index is 0.0963. The maximum absolute atomic E-state index is 12.3. The number of amides is 1. The Bertz CT molecular complexity index is 1160. The monoisotopic (exact) mass is 482 g/mol. The first-order valence-corrected chi connectivity index (χ1v) is 11.8. The van der Waals surface area contributed by atoms with Crippen LogP contribution >= 0.6 is 23.2 Å². The lowest BCUT2D eigenvalue weighted by molar-refractivity contribution is 0.0976. The van der Waals surface area contributed by atoms with Crippen molar-refractivity contribution in [2.75, 3.05) is 17.7 Å². The van der Waals surface area contributed by atoms with E-state index < -0.39 is 15.9 Å². The van der Waals surface area contributed by atoms with Crippen LogP contribution in [0.5, 0.6) is 0 Å².